The van der Waals surface area contributed by atoms with Crippen LogP contribution in [-0.2, 0) is 4.74 Å². The van der Waals surface area contributed by atoms with Crippen LogP contribution in [0.1, 0.15) is 26.2 Å². The molecule has 0 aromatic carbocycles. The number of anilines is 2. The van der Waals surface area contributed by atoms with E-state index in [0.29, 0.717) is 11.6 Å². The Kier molecular flexibility index (Phi) is 4.19. The number of nitrogens with one attached hydrogen (secondary N) is 2. The first-order valence-corrected chi connectivity index (χ1v) is 7.57. The van der Waals surface area contributed by atoms with Crippen molar-refractivity contribution in [2.24, 2.45) is 0 Å². The molecule has 114 valence electrons. The number of aromatic amines is 1. The van der Waals surface area contributed by atoms with Crippen LogP contribution in [0.15, 0.2) is 6.33 Å². The van der Waals surface area contributed by atoms with E-state index in [1.165, 1.54) is 0 Å². The second-order valence-electron chi connectivity index (χ2n) is 5.30. The first kappa shape index (κ1) is 14.1. The number of piperidine rings is 1. The van der Waals surface area contributed by atoms with Crippen LogP contribution in [0.25, 0.3) is 11.2 Å². The monoisotopic (exact) mass is 290 g/mol. The maximum atomic E-state index is 5.91. The largest absolute Gasteiger partial charge is 0.376 e. The lowest BCUT2D eigenvalue weighted by Gasteiger charge is -2.33. The fourth-order valence-electron chi connectivity index (χ4n) is 2.71. The van der Waals surface area contributed by atoms with Crippen molar-refractivity contribution < 1.29 is 4.74 Å². The Morgan fingerprint density at radius 1 is 1.48 bits per heavy atom. The summed E-state index contributed by atoms with van der Waals surface area (Å²) in [6.07, 6.45) is 5.23. The molecule has 1 aliphatic heterocycles. The van der Waals surface area contributed by atoms with Gasteiger partial charge in [0.25, 0.3) is 0 Å². The van der Waals surface area contributed by atoms with Gasteiger partial charge in [0.15, 0.2) is 11.5 Å². The standard InChI is InChI=1S/C14H22N6O/c1-3-7-21-10-5-4-6-20(8-10)13-11-12(17-9-16-11)18-14(15-2)19-13/h9-10H,3-8H2,1-2H3,(H2,15,16,17,18,19). The summed E-state index contributed by atoms with van der Waals surface area (Å²) < 4.78 is 5.91. The topological polar surface area (TPSA) is 79.0 Å². The molecular weight excluding hydrogens is 268 g/mol. The molecule has 21 heavy (non-hydrogen) atoms. The number of imidazole rings is 1. The second kappa shape index (κ2) is 6.26. The molecule has 0 saturated carbocycles. The zero-order chi connectivity index (χ0) is 14.7. The number of hydrogen-bond acceptors (Lipinski definition) is 6. The number of H-pyrrole nitrogens is 1. The zero-order valence-corrected chi connectivity index (χ0v) is 12.6. The summed E-state index contributed by atoms with van der Waals surface area (Å²) in [7, 11) is 1.82. The third-order valence-corrected chi connectivity index (χ3v) is 3.73. The number of ether oxygens (including phenoxy) is 1. The average molecular weight is 290 g/mol. The van der Waals surface area contributed by atoms with Crippen molar-refractivity contribution in [2.75, 3.05) is 37.0 Å². The van der Waals surface area contributed by atoms with Gasteiger partial charge < -0.3 is 19.9 Å². The molecular formula is C14H22N6O. The fraction of sp³-hybridized carbons (Fsp3) is 0.643. The summed E-state index contributed by atoms with van der Waals surface area (Å²) in [6.45, 7) is 4.82. The lowest BCUT2D eigenvalue weighted by molar-refractivity contribution is 0.0439. The normalized spacial score (nSPS) is 19.1. The summed E-state index contributed by atoms with van der Waals surface area (Å²) in [5, 5.41) is 3.00. The molecule has 1 atom stereocenters. The average Bonchev–Trinajstić information content (AvgIpc) is 3.00. The summed E-state index contributed by atoms with van der Waals surface area (Å²) in [4.78, 5) is 18.6. The first-order valence-electron chi connectivity index (χ1n) is 7.57. The van der Waals surface area contributed by atoms with Gasteiger partial charge in [0.2, 0.25) is 5.95 Å². The minimum atomic E-state index is 0.282. The first-order chi connectivity index (χ1) is 10.3. The van der Waals surface area contributed by atoms with E-state index >= 15 is 0 Å². The minimum absolute atomic E-state index is 0.282. The van der Waals surface area contributed by atoms with Gasteiger partial charge in [0.05, 0.1) is 12.4 Å². The van der Waals surface area contributed by atoms with Gasteiger partial charge in [-0.2, -0.15) is 9.97 Å². The van der Waals surface area contributed by atoms with Gasteiger partial charge in [0, 0.05) is 26.7 Å². The van der Waals surface area contributed by atoms with Crippen molar-refractivity contribution in [3.05, 3.63) is 6.33 Å². The van der Waals surface area contributed by atoms with E-state index < -0.39 is 0 Å². The molecule has 0 spiro atoms. The third-order valence-electron chi connectivity index (χ3n) is 3.73. The van der Waals surface area contributed by atoms with Crippen LogP contribution < -0.4 is 10.2 Å². The van der Waals surface area contributed by atoms with Crippen molar-refractivity contribution >= 4 is 22.9 Å². The lowest BCUT2D eigenvalue weighted by atomic mass is 10.1. The van der Waals surface area contributed by atoms with Crippen LogP contribution in [0.3, 0.4) is 0 Å². The maximum Gasteiger partial charge on any atom is 0.226 e. The van der Waals surface area contributed by atoms with Crippen molar-refractivity contribution in [3.8, 4) is 0 Å². The highest BCUT2D eigenvalue weighted by molar-refractivity contribution is 5.84. The number of aromatic nitrogens is 4. The molecule has 7 heteroatoms. The predicted molar refractivity (Wildman–Crippen MR) is 82.7 cm³/mol. The van der Waals surface area contributed by atoms with Crippen LogP contribution in [-0.4, -0.2) is 52.8 Å². The summed E-state index contributed by atoms with van der Waals surface area (Å²) in [6, 6.07) is 0. The molecule has 7 nitrogen and oxygen atoms in total. The molecule has 0 aliphatic carbocycles. The van der Waals surface area contributed by atoms with Crippen molar-refractivity contribution in [3.63, 3.8) is 0 Å². The number of rotatable bonds is 5. The summed E-state index contributed by atoms with van der Waals surface area (Å²) >= 11 is 0. The second-order valence-corrected chi connectivity index (χ2v) is 5.30. The maximum absolute atomic E-state index is 5.91. The Morgan fingerprint density at radius 2 is 2.38 bits per heavy atom. The molecule has 1 saturated heterocycles. The van der Waals surface area contributed by atoms with Crippen LogP contribution >= 0.6 is 0 Å². The molecule has 1 aliphatic rings. The Hall–Kier alpha value is -1.89. The Bertz CT molecular complexity index is 598. The van der Waals surface area contributed by atoms with Crippen LogP contribution in [0.2, 0.25) is 0 Å². The van der Waals surface area contributed by atoms with Crippen LogP contribution in [0.4, 0.5) is 11.8 Å². The fourth-order valence-corrected chi connectivity index (χ4v) is 2.71. The quantitative estimate of drug-likeness (QED) is 0.874. The number of fused-ring (bicyclic) bond motifs is 1. The highest BCUT2D eigenvalue weighted by Crippen LogP contribution is 2.26. The van der Waals surface area contributed by atoms with E-state index in [1.54, 1.807) is 6.33 Å². The number of hydrogen-bond donors (Lipinski definition) is 2. The van der Waals surface area contributed by atoms with E-state index in [-0.39, 0.29) is 6.10 Å². The molecule has 1 unspecified atom stereocenters. The summed E-state index contributed by atoms with van der Waals surface area (Å²) in [5.74, 6) is 1.51. The van der Waals surface area contributed by atoms with Gasteiger partial charge in [0.1, 0.15) is 5.52 Å². The Labute approximate surface area is 124 Å². The molecule has 3 rings (SSSR count). The van der Waals surface area contributed by atoms with Gasteiger partial charge in [-0.3, -0.25) is 0 Å². The van der Waals surface area contributed by atoms with E-state index in [1.807, 2.05) is 7.05 Å². The molecule has 3 heterocycles. The van der Waals surface area contributed by atoms with Gasteiger partial charge in [-0.15, -0.1) is 0 Å². The van der Waals surface area contributed by atoms with Gasteiger partial charge in [-0.05, 0) is 19.3 Å². The van der Waals surface area contributed by atoms with Gasteiger partial charge in [-0.25, -0.2) is 4.98 Å². The molecule has 0 amide bonds. The van der Waals surface area contributed by atoms with E-state index in [9.17, 15) is 0 Å². The Morgan fingerprint density at radius 3 is 3.19 bits per heavy atom. The van der Waals surface area contributed by atoms with Crippen LogP contribution in [0, 0.1) is 0 Å². The van der Waals surface area contributed by atoms with E-state index in [4.69, 9.17) is 4.74 Å². The smallest absolute Gasteiger partial charge is 0.226 e. The van der Waals surface area contributed by atoms with Gasteiger partial charge >= 0.3 is 0 Å². The minimum Gasteiger partial charge on any atom is -0.376 e. The number of nitrogens with zero attached hydrogens (tertiary/aromatic N) is 4. The van der Waals surface area contributed by atoms with E-state index in [0.717, 1.165) is 50.3 Å². The SMILES string of the molecule is CCCOC1CCCN(c2nc(NC)nc3nc[nH]c23)C1. The highest BCUT2D eigenvalue weighted by atomic mass is 16.5. The molecule has 0 radical (unpaired) electrons. The Balaban J connectivity index is 1.86. The van der Waals surface area contributed by atoms with E-state index in [2.05, 4.69) is 37.1 Å². The van der Waals surface area contributed by atoms with Crippen LogP contribution in [0.5, 0.6) is 0 Å². The highest BCUT2D eigenvalue weighted by Gasteiger charge is 2.24. The lowest BCUT2D eigenvalue weighted by Crippen LogP contribution is -2.40. The molecule has 2 N–H and O–H groups in total. The molecule has 2 aromatic rings. The molecule has 0 bridgehead atoms. The predicted octanol–water partition coefficient (Wildman–Crippen LogP) is 1.79. The van der Waals surface area contributed by atoms with Crippen molar-refractivity contribution in [1.82, 2.24) is 19.9 Å². The molecule has 1 fully saturated rings. The molecule has 2 aromatic heterocycles. The van der Waals surface area contributed by atoms with Gasteiger partial charge in [-0.1, -0.05) is 6.92 Å². The zero-order valence-electron chi connectivity index (χ0n) is 12.6. The summed E-state index contributed by atoms with van der Waals surface area (Å²) in [5.41, 5.74) is 1.59. The third kappa shape index (κ3) is 2.92. The van der Waals surface area contributed by atoms with Crippen molar-refractivity contribution in [2.45, 2.75) is 32.3 Å². The van der Waals surface area contributed by atoms with Crippen molar-refractivity contribution in [1.29, 1.82) is 0 Å².